The van der Waals surface area contributed by atoms with Crippen molar-refractivity contribution in [3.63, 3.8) is 0 Å². The topological polar surface area (TPSA) is 275 Å². The quantitative estimate of drug-likeness (QED) is 0.161. The third-order valence-corrected chi connectivity index (χ3v) is 0. The SMILES string of the molecule is O=P([O-])([O-])[O-].O=P([O-])([O-])[O-].[H-].[Na+].[O]=[U+2]=[O].[O]=[U+2]=[O].[O]=[U+2]=[O]. The van der Waals surface area contributed by atoms with Crippen LogP contribution in [0.4, 0.5) is 0 Å². The zero-order valence-corrected chi connectivity index (χ0v) is 25.4. The van der Waals surface area contributed by atoms with Gasteiger partial charge in [0.05, 0.1) is 0 Å². The van der Waals surface area contributed by atoms with Crippen LogP contribution in [-0.2, 0) is 22.5 Å². The molecule has 0 bridgehead atoms. The summed E-state index contributed by atoms with van der Waals surface area (Å²) in [5, 5.41) is 0. The summed E-state index contributed by atoms with van der Waals surface area (Å²) < 4.78 is 68.6. The van der Waals surface area contributed by atoms with Gasteiger partial charge in [0.1, 0.15) is 0 Å². The summed E-state index contributed by atoms with van der Waals surface area (Å²) in [5.41, 5.74) is 0. The van der Waals surface area contributed by atoms with Crippen molar-refractivity contribution < 1.29 is 166 Å². The molecular weight excluding hydrogens is 1020 g/mol. The molecule has 0 fully saturated rings. The number of phosphoric acid groups is 2. The predicted octanol–water partition coefficient (Wildman–Crippen LogP) is -9.25. The van der Waals surface area contributed by atoms with Gasteiger partial charge in [0.15, 0.2) is 0 Å². The molecule has 0 aliphatic heterocycles. The number of rotatable bonds is 0. The van der Waals surface area contributed by atoms with E-state index in [1.165, 1.54) is 0 Å². The van der Waals surface area contributed by atoms with Gasteiger partial charge in [0.2, 0.25) is 0 Å². The Hall–Kier alpha value is 3.18. The zero-order valence-electron chi connectivity index (χ0n) is 10.1. The average molecular weight is 1020 g/mol. The van der Waals surface area contributed by atoms with Crippen molar-refractivity contribution in [3.8, 4) is 0 Å². The molecule has 20 heavy (non-hydrogen) atoms. The Bertz CT molecular complexity index is 312. The average Bonchev–Trinajstić information content (AvgIpc) is 1.99. The van der Waals surface area contributed by atoms with Gasteiger partial charge >= 0.3 is 126 Å². The monoisotopic (exact) mass is 1020 g/mol. The fourth-order valence-corrected chi connectivity index (χ4v) is 0. The summed E-state index contributed by atoms with van der Waals surface area (Å²) in [4.78, 5) is 51.3. The first-order chi connectivity index (χ1) is 8.24. The van der Waals surface area contributed by atoms with Crippen LogP contribution in [0.1, 0.15) is 1.43 Å². The molecule has 0 unspecified atom stereocenters. The summed E-state index contributed by atoms with van der Waals surface area (Å²) >= 11 is -7.52. The van der Waals surface area contributed by atoms with Gasteiger partial charge in [-0.2, -0.15) is 15.6 Å². The molecule has 0 radical (unpaired) electrons. The van der Waals surface area contributed by atoms with Gasteiger partial charge in [0.25, 0.3) is 0 Å². The molecule has 14 nitrogen and oxygen atoms in total. The Labute approximate surface area is 178 Å². The number of hydrogen-bond donors (Lipinski definition) is 0. The second-order valence-electron chi connectivity index (χ2n) is 1.14. The van der Waals surface area contributed by atoms with E-state index in [4.69, 9.17) is 51.9 Å². The Kier molecular flexibility index (Phi) is 58.1. The van der Waals surface area contributed by atoms with Gasteiger partial charge in [-0.3, -0.25) is 0 Å². The minimum absolute atomic E-state index is 0. The first kappa shape index (κ1) is 38.6. The van der Waals surface area contributed by atoms with Crippen LogP contribution in [0.5, 0.6) is 0 Å². The van der Waals surface area contributed by atoms with E-state index in [1.807, 2.05) is 0 Å². The van der Waals surface area contributed by atoms with Crippen LogP contribution in [-0.4, -0.2) is 0 Å². The van der Waals surface area contributed by atoms with Gasteiger partial charge in [-0.25, -0.2) is 0 Å². The van der Waals surface area contributed by atoms with E-state index in [2.05, 4.69) is 0 Å². The van der Waals surface area contributed by atoms with Gasteiger partial charge in [-0.1, -0.05) is 0 Å². The van der Waals surface area contributed by atoms with Crippen LogP contribution in [0.2, 0.25) is 0 Å². The predicted molar refractivity (Wildman–Crippen MR) is 20.4 cm³/mol. The van der Waals surface area contributed by atoms with Crippen LogP contribution >= 0.6 is 15.6 Å². The summed E-state index contributed by atoms with van der Waals surface area (Å²) in [7, 11) is -10.8. The fourth-order valence-electron chi connectivity index (χ4n) is 0. The van der Waals surface area contributed by atoms with Crippen molar-refractivity contribution in [3.05, 3.63) is 0 Å². The second kappa shape index (κ2) is 30.1. The van der Waals surface area contributed by atoms with Crippen LogP contribution in [0.25, 0.3) is 0 Å². The van der Waals surface area contributed by atoms with Crippen molar-refractivity contribution in [1.82, 2.24) is 0 Å². The van der Waals surface area contributed by atoms with E-state index < -0.39 is 99.1 Å². The normalized spacial score (nSPS) is 7.10. The van der Waals surface area contributed by atoms with Crippen molar-refractivity contribution in [2.75, 3.05) is 0 Å². The maximum atomic E-state index is 8.58. The third kappa shape index (κ3) is 855. The molecule has 0 aliphatic carbocycles. The summed E-state index contributed by atoms with van der Waals surface area (Å²) in [6.07, 6.45) is 0. The first-order valence-corrected chi connectivity index (χ1v) is 15.8. The van der Waals surface area contributed by atoms with Crippen LogP contribution in [0, 0.1) is 83.5 Å². The van der Waals surface area contributed by atoms with Crippen molar-refractivity contribution >= 4 is 15.6 Å². The zero-order chi connectivity index (χ0) is 17.1. The van der Waals surface area contributed by atoms with E-state index >= 15 is 0 Å². The molecule has 0 aliphatic rings. The number of hydrogen-bond acceptors (Lipinski definition) is 14. The summed E-state index contributed by atoms with van der Waals surface area (Å²) in [5.74, 6) is 0. The molecule has 20 heteroatoms. The minimum atomic E-state index is -5.39. The molecule has 108 valence electrons. The second-order valence-corrected chi connectivity index (χ2v) is 5.02. The molecule has 0 heterocycles. The molecule has 0 rings (SSSR count). The molecule has 0 amide bonds. The maximum absolute atomic E-state index is 8.58. The van der Waals surface area contributed by atoms with Crippen LogP contribution in [0.3, 0.4) is 0 Å². The molecular formula is HNaO14P2U3. The standard InChI is InChI=1S/Na.2H3O4P.6O.3U.H/c;2*1-5(2,3)4;;;;;;;;;;/h;2*(H3,1,2,3,4);;;;;;;;;;/q+1;;;;;;;;;3*+2;-1/p-6. The first-order valence-electron chi connectivity index (χ1n) is 2.69. The van der Waals surface area contributed by atoms with Crippen molar-refractivity contribution in [1.29, 1.82) is 0 Å². The Balaban J connectivity index is -0.0000000233. The molecule has 0 saturated heterocycles. The van der Waals surface area contributed by atoms with Gasteiger partial charge < -0.3 is 39.9 Å². The third-order valence-electron chi connectivity index (χ3n) is 0. The molecule has 0 saturated carbocycles. The van der Waals surface area contributed by atoms with Crippen molar-refractivity contribution in [2.24, 2.45) is 0 Å². The van der Waals surface area contributed by atoms with Crippen LogP contribution < -0.4 is 58.9 Å². The fraction of sp³-hybridized carbons (Fsp3) is 0. The van der Waals surface area contributed by atoms with E-state index in [9.17, 15) is 0 Å². The molecule has 0 N–H and O–H groups in total. The van der Waals surface area contributed by atoms with Gasteiger partial charge in [-0.05, 0) is 0 Å². The van der Waals surface area contributed by atoms with E-state index in [0.717, 1.165) is 0 Å². The molecule has 0 aromatic heterocycles. The molecule has 0 aromatic rings. The summed E-state index contributed by atoms with van der Waals surface area (Å²) in [6, 6.07) is 0. The Morgan fingerprint density at radius 3 is 0.550 bits per heavy atom. The van der Waals surface area contributed by atoms with Gasteiger partial charge in [-0.15, -0.1) is 0 Å². The van der Waals surface area contributed by atoms with Gasteiger partial charge in [0, 0.05) is 0 Å². The van der Waals surface area contributed by atoms with Crippen molar-refractivity contribution in [2.45, 2.75) is 0 Å². The molecule has 0 atom stereocenters. The molecule has 0 aromatic carbocycles. The van der Waals surface area contributed by atoms with E-state index in [-0.39, 0.29) is 31.0 Å². The van der Waals surface area contributed by atoms with Crippen LogP contribution in [0.15, 0.2) is 0 Å². The molecule has 0 spiro atoms. The summed E-state index contributed by atoms with van der Waals surface area (Å²) in [6.45, 7) is 0. The Morgan fingerprint density at radius 2 is 0.550 bits per heavy atom. The van der Waals surface area contributed by atoms with E-state index in [1.54, 1.807) is 0 Å². The van der Waals surface area contributed by atoms with E-state index in [0.29, 0.717) is 0 Å². The Morgan fingerprint density at radius 1 is 0.550 bits per heavy atom.